The lowest BCUT2D eigenvalue weighted by molar-refractivity contribution is -0.107. The fourth-order valence-corrected chi connectivity index (χ4v) is 2.22. The maximum absolute atomic E-state index is 12.7. The summed E-state index contributed by atoms with van der Waals surface area (Å²) < 4.78 is 30.9. The third-order valence-electron chi connectivity index (χ3n) is 3.19. The molecule has 1 aliphatic carbocycles. The van der Waals surface area contributed by atoms with Crippen molar-refractivity contribution in [3.05, 3.63) is 24.3 Å². The topological polar surface area (TPSA) is 59.6 Å². The zero-order chi connectivity index (χ0) is 15.5. The number of guanidine groups is 1. The van der Waals surface area contributed by atoms with E-state index in [1.54, 1.807) is 0 Å². The number of nitrogens with zero attached hydrogens (tertiary/aromatic N) is 1. The molecule has 3 N–H and O–H groups in total. The molecule has 0 aromatic heterocycles. The van der Waals surface area contributed by atoms with Crippen molar-refractivity contribution in [3.63, 3.8) is 0 Å². The van der Waals surface area contributed by atoms with Crippen molar-refractivity contribution < 1.29 is 13.5 Å². The summed E-state index contributed by atoms with van der Waals surface area (Å²) in [4.78, 5) is 4.10. The van der Waals surface area contributed by atoms with Crippen LogP contribution >= 0.6 is 24.0 Å². The monoisotopic (exact) mass is 425 g/mol. The Balaban J connectivity index is 0.00000242. The van der Waals surface area contributed by atoms with Gasteiger partial charge in [-0.25, -0.2) is 8.78 Å². The molecule has 1 aromatic rings. The third-order valence-corrected chi connectivity index (χ3v) is 3.19. The Hall–Kier alpha value is -1.12. The molecule has 1 aliphatic rings. The zero-order valence-electron chi connectivity index (χ0n) is 12.7. The summed E-state index contributed by atoms with van der Waals surface area (Å²) in [6.07, 6.45) is -0.0631. The number of halogens is 3. The second-order valence-electron chi connectivity index (χ2n) is 5.67. The maximum atomic E-state index is 12.7. The number of nitrogens with two attached hydrogens (primary N) is 1. The summed E-state index contributed by atoms with van der Waals surface area (Å²) in [5, 5.41) is 2.93. The molecule has 0 saturated heterocycles. The Morgan fingerprint density at radius 3 is 2.45 bits per heavy atom. The minimum atomic E-state index is -2.51. The van der Waals surface area contributed by atoms with Gasteiger partial charge < -0.3 is 15.8 Å². The van der Waals surface area contributed by atoms with Crippen molar-refractivity contribution in [2.45, 2.75) is 38.7 Å². The van der Waals surface area contributed by atoms with E-state index < -0.39 is 5.92 Å². The fraction of sp³-hybridized carbons (Fsp3) is 0.533. The summed E-state index contributed by atoms with van der Waals surface area (Å²) in [7, 11) is 0. The van der Waals surface area contributed by atoms with Gasteiger partial charge in [-0.15, -0.1) is 24.0 Å². The molecule has 4 nitrogen and oxygen atoms in total. The first kappa shape index (κ1) is 18.9. The number of rotatable bonds is 5. The Morgan fingerprint density at radius 2 is 1.95 bits per heavy atom. The highest BCUT2D eigenvalue weighted by Gasteiger charge is 2.44. The molecule has 0 bridgehead atoms. The minimum absolute atomic E-state index is 0. The van der Waals surface area contributed by atoms with Crippen molar-refractivity contribution in [2.24, 2.45) is 16.6 Å². The van der Waals surface area contributed by atoms with Gasteiger partial charge in [0.1, 0.15) is 5.75 Å². The van der Waals surface area contributed by atoms with E-state index in [0.29, 0.717) is 6.54 Å². The van der Waals surface area contributed by atoms with Gasteiger partial charge in [-0.3, -0.25) is 4.99 Å². The van der Waals surface area contributed by atoms with Crippen LogP contribution in [-0.4, -0.2) is 24.5 Å². The van der Waals surface area contributed by atoms with Crippen LogP contribution in [0, 0.1) is 5.92 Å². The highest BCUT2D eigenvalue weighted by Crippen LogP contribution is 2.42. The van der Waals surface area contributed by atoms with Crippen molar-refractivity contribution in [1.29, 1.82) is 0 Å². The molecule has 1 saturated carbocycles. The molecule has 0 heterocycles. The lowest BCUT2D eigenvalue weighted by Crippen LogP contribution is -2.37. The summed E-state index contributed by atoms with van der Waals surface area (Å²) in [5.74, 6) is -1.55. The highest BCUT2D eigenvalue weighted by atomic mass is 127. The second-order valence-corrected chi connectivity index (χ2v) is 5.67. The summed E-state index contributed by atoms with van der Waals surface area (Å²) in [6.45, 7) is 4.25. The number of nitrogens with one attached hydrogen (secondary N) is 1. The molecule has 1 aromatic carbocycles. The zero-order valence-corrected chi connectivity index (χ0v) is 15.0. The number of hydrogen-bond acceptors (Lipinski definition) is 2. The van der Waals surface area contributed by atoms with E-state index in [4.69, 9.17) is 10.5 Å². The molecule has 22 heavy (non-hydrogen) atoms. The molecule has 2 rings (SSSR count). The standard InChI is InChI=1S/C15H21F2N3O.HI/c1-10(2)21-13-5-3-12(4-6-13)20-14(18)19-9-11-7-15(16,17)8-11;/h3-6,10-11H,7-9H2,1-2H3,(H3,18,19,20);1H. The smallest absolute Gasteiger partial charge is 0.248 e. The number of ether oxygens (including phenoxy) is 1. The van der Waals surface area contributed by atoms with Crippen LogP contribution in [0.4, 0.5) is 14.5 Å². The number of hydrogen-bond donors (Lipinski definition) is 2. The van der Waals surface area contributed by atoms with Gasteiger partial charge in [0.05, 0.1) is 6.10 Å². The quantitative estimate of drug-likeness (QED) is 0.428. The van der Waals surface area contributed by atoms with Crippen LogP contribution in [0.5, 0.6) is 5.75 Å². The molecule has 124 valence electrons. The molecule has 1 fully saturated rings. The molecule has 0 spiro atoms. The number of aliphatic imine (C=N–C) groups is 1. The van der Waals surface area contributed by atoms with E-state index in [1.807, 2.05) is 38.1 Å². The van der Waals surface area contributed by atoms with E-state index in [9.17, 15) is 8.78 Å². The van der Waals surface area contributed by atoms with Gasteiger partial charge in [-0.1, -0.05) is 0 Å². The van der Waals surface area contributed by atoms with E-state index in [-0.39, 0.29) is 54.8 Å². The molecular formula is C15H22F2IN3O. The van der Waals surface area contributed by atoms with E-state index in [2.05, 4.69) is 10.3 Å². The van der Waals surface area contributed by atoms with Gasteiger partial charge >= 0.3 is 0 Å². The maximum Gasteiger partial charge on any atom is 0.248 e. The molecule has 0 atom stereocenters. The molecule has 0 radical (unpaired) electrons. The van der Waals surface area contributed by atoms with Crippen molar-refractivity contribution >= 4 is 35.6 Å². The molecule has 0 aliphatic heterocycles. The van der Waals surface area contributed by atoms with Crippen LogP contribution in [0.3, 0.4) is 0 Å². The second kappa shape index (κ2) is 7.94. The van der Waals surface area contributed by atoms with Gasteiger partial charge in [0, 0.05) is 25.1 Å². The lowest BCUT2D eigenvalue weighted by Gasteiger charge is -2.33. The van der Waals surface area contributed by atoms with Gasteiger partial charge in [-0.2, -0.15) is 0 Å². The molecule has 0 amide bonds. The fourth-order valence-electron chi connectivity index (χ4n) is 2.22. The summed E-state index contributed by atoms with van der Waals surface area (Å²) >= 11 is 0. The van der Waals surface area contributed by atoms with E-state index in [0.717, 1.165) is 11.4 Å². The first-order valence-electron chi connectivity index (χ1n) is 7.05. The predicted molar refractivity (Wildman–Crippen MR) is 95.4 cm³/mol. The Kier molecular flexibility index (Phi) is 6.83. The number of anilines is 1. The predicted octanol–water partition coefficient (Wildman–Crippen LogP) is 3.86. The van der Waals surface area contributed by atoms with Crippen molar-refractivity contribution in [3.8, 4) is 5.75 Å². The van der Waals surface area contributed by atoms with Crippen LogP contribution in [0.2, 0.25) is 0 Å². The normalized spacial score (nSPS) is 17.6. The van der Waals surface area contributed by atoms with Crippen LogP contribution in [0.15, 0.2) is 29.3 Å². The molecule has 7 heteroatoms. The van der Waals surface area contributed by atoms with Crippen LogP contribution < -0.4 is 15.8 Å². The average molecular weight is 425 g/mol. The van der Waals surface area contributed by atoms with Crippen molar-refractivity contribution in [2.75, 3.05) is 11.9 Å². The van der Waals surface area contributed by atoms with Gasteiger partial charge in [0.15, 0.2) is 5.96 Å². The lowest BCUT2D eigenvalue weighted by atomic mass is 9.81. The molecular weight excluding hydrogens is 403 g/mol. The van der Waals surface area contributed by atoms with Crippen LogP contribution in [0.1, 0.15) is 26.7 Å². The van der Waals surface area contributed by atoms with Gasteiger partial charge in [0.25, 0.3) is 0 Å². The summed E-state index contributed by atoms with van der Waals surface area (Å²) in [5.41, 5.74) is 6.52. The largest absolute Gasteiger partial charge is 0.491 e. The minimum Gasteiger partial charge on any atom is -0.491 e. The number of benzene rings is 1. The van der Waals surface area contributed by atoms with Crippen molar-refractivity contribution in [1.82, 2.24) is 0 Å². The highest BCUT2D eigenvalue weighted by molar-refractivity contribution is 14.0. The van der Waals surface area contributed by atoms with Gasteiger partial charge in [-0.05, 0) is 44.0 Å². The van der Waals surface area contributed by atoms with E-state index in [1.165, 1.54) is 0 Å². The average Bonchev–Trinajstić information content (AvgIpc) is 2.35. The van der Waals surface area contributed by atoms with Crippen LogP contribution in [0.25, 0.3) is 0 Å². The summed E-state index contributed by atoms with van der Waals surface area (Å²) in [6, 6.07) is 7.33. The third kappa shape index (κ3) is 5.94. The first-order chi connectivity index (χ1) is 9.84. The Morgan fingerprint density at radius 1 is 1.36 bits per heavy atom. The molecule has 0 unspecified atom stereocenters. The van der Waals surface area contributed by atoms with E-state index >= 15 is 0 Å². The SMILES string of the molecule is CC(C)Oc1ccc(NC(N)=NCC2CC(F)(F)C2)cc1.I. The first-order valence-corrected chi connectivity index (χ1v) is 7.05. The van der Waals surface area contributed by atoms with Crippen LogP contribution in [-0.2, 0) is 0 Å². The Bertz CT molecular complexity index is 498. The Labute approximate surface area is 146 Å². The van der Waals surface area contributed by atoms with Gasteiger partial charge in [0.2, 0.25) is 5.92 Å². The number of alkyl halides is 2.